The highest BCUT2D eigenvalue weighted by Gasteiger charge is 2.34. The van der Waals surface area contributed by atoms with Crippen molar-refractivity contribution in [1.82, 2.24) is 14.8 Å². The van der Waals surface area contributed by atoms with Gasteiger partial charge in [0.05, 0.1) is 17.8 Å². The van der Waals surface area contributed by atoms with E-state index < -0.39 is 5.91 Å². The quantitative estimate of drug-likeness (QED) is 0.118. The summed E-state index contributed by atoms with van der Waals surface area (Å²) in [6.45, 7) is 6.19. The van der Waals surface area contributed by atoms with Crippen LogP contribution in [0.5, 0.6) is 5.88 Å². The zero-order chi connectivity index (χ0) is 31.4. The smallest absolute Gasteiger partial charge is 0.261 e. The number of halogens is 1. The van der Waals surface area contributed by atoms with Crippen LogP contribution in [-0.4, -0.2) is 60.9 Å². The summed E-state index contributed by atoms with van der Waals surface area (Å²) < 4.78 is 5.86. The van der Waals surface area contributed by atoms with Crippen LogP contribution in [0.4, 0.5) is 5.69 Å². The van der Waals surface area contributed by atoms with Crippen LogP contribution in [0.15, 0.2) is 66.3 Å². The van der Waals surface area contributed by atoms with Gasteiger partial charge in [0.25, 0.3) is 11.8 Å². The molecule has 2 amide bonds. The van der Waals surface area contributed by atoms with E-state index in [0.29, 0.717) is 22.6 Å². The lowest BCUT2D eigenvalue weighted by atomic mass is 9.96. The number of hydrogen-bond acceptors (Lipinski definition) is 5. The van der Waals surface area contributed by atoms with Crippen LogP contribution in [0.2, 0.25) is 5.02 Å². The van der Waals surface area contributed by atoms with Gasteiger partial charge in [-0.2, -0.15) is 0 Å². The van der Waals surface area contributed by atoms with Gasteiger partial charge in [-0.3, -0.25) is 14.5 Å². The van der Waals surface area contributed by atoms with E-state index in [2.05, 4.69) is 16.3 Å². The van der Waals surface area contributed by atoms with Crippen molar-refractivity contribution in [1.29, 1.82) is 0 Å². The Hall–Kier alpha value is -3.94. The Kier molecular flexibility index (Phi) is 9.87. The minimum absolute atomic E-state index is 0.0631. The molecule has 1 fully saturated rings. The molecule has 1 aliphatic heterocycles. The highest BCUT2D eigenvalue weighted by atomic mass is 35.5. The van der Waals surface area contributed by atoms with Crippen molar-refractivity contribution in [2.45, 2.75) is 52.0 Å². The molecule has 1 unspecified atom stereocenters. The number of amides is 2. The summed E-state index contributed by atoms with van der Waals surface area (Å²) in [6, 6.07) is 14.2. The maximum Gasteiger partial charge on any atom is 0.261 e. The summed E-state index contributed by atoms with van der Waals surface area (Å²) in [5.74, 6) is -0.151. The SMILES string of the molecule is CC/C=C/C=C(/C(=O)Nc1cccc(-c2cccc(-c3cc4c(c(OC)n3)C(N3CCCC3)CC4)c2Cl)c1C)C(=O)N(C)C. The third kappa shape index (κ3) is 6.30. The first kappa shape index (κ1) is 31.5. The maximum atomic E-state index is 13.3. The number of allylic oxidation sites excluding steroid dienone is 3. The number of fused-ring (bicyclic) bond motifs is 1. The Bertz CT molecular complexity index is 1620. The summed E-state index contributed by atoms with van der Waals surface area (Å²) in [7, 11) is 4.95. The molecule has 2 aromatic carbocycles. The van der Waals surface area contributed by atoms with E-state index in [1.54, 1.807) is 33.4 Å². The van der Waals surface area contributed by atoms with Gasteiger partial charge in [-0.05, 0) is 87.0 Å². The van der Waals surface area contributed by atoms with E-state index in [-0.39, 0.29) is 11.5 Å². The molecule has 1 aliphatic carbocycles. The van der Waals surface area contributed by atoms with Gasteiger partial charge in [0.15, 0.2) is 0 Å². The summed E-state index contributed by atoms with van der Waals surface area (Å²) in [5.41, 5.74) is 7.33. The third-order valence-corrected chi connectivity index (χ3v) is 8.97. The van der Waals surface area contributed by atoms with E-state index in [4.69, 9.17) is 21.3 Å². The minimum Gasteiger partial charge on any atom is -0.481 e. The van der Waals surface area contributed by atoms with Crippen LogP contribution in [0.1, 0.15) is 55.3 Å². The van der Waals surface area contributed by atoms with Crippen molar-refractivity contribution in [3.63, 3.8) is 0 Å². The molecule has 0 bridgehead atoms. The van der Waals surface area contributed by atoms with Crippen LogP contribution in [0, 0.1) is 6.92 Å². The molecule has 0 spiro atoms. The molecule has 230 valence electrons. The first-order valence-electron chi connectivity index (χ1n) is 15.4. The van der Waals surface area contributed by atoms with Crippen molar-refractivity contribution in [2.75, 3.05) is 39.6 Å². The zero-order valence-corrected chi connectivity index (χ0v) is 27.0. The minimum atomic E-state index is -0.466. The molecular weight excluding hydrogens is 572 g/mol. The summed E-state index contributed by atoms with van der Waals surface area (Å²) in [5, 5.41) is 3.53. The second-order valence-corrected chi connectivity index (χ2v) is 12.0. The van der Waals surface area contributed by atoms with Crippen molar-refractivity contribution < 1.29 is 14.3 Å². The van der Waals surface area contributed by atoms with Crippen LogP contribution in [0.3, 0.4) is 0 Å². The monoisotopic (exact) mass is 612 g/mol. The first-order valence-corrected chi connectivity index (χ1v) is 15.7. The van der Waals surface area contributed by atoms with Gasteiger partial charge in [0, 0.05) is 42.5 Å². The number of carbonyl (C=O) groups excluding carboxylic acids is 2. The fourth-order valence-electron chi connectivity index (χ4n) is 6.27. The number of ether oxygens (including phenoxy) is 1. The third-order valence-electron chi connectivity index (χ3n) is 8.57. The number of likely N-dealkylation sites (tertiary alicyclic amines) is 1. The number of aryl methyl sites for hydroxylation is 1. The molecule has 1 saturated heterocycles. The second kappa shape index (κ2) is 13.8. The molecule has 0 radical (unpaired) electrons. The van der Waals surface area contributed by atoms with Crippen LogP contribution >= 0.6 is 11.6 Å². The number of nitrogens with zero attached hydrogens (tertiary/aromatic N) is 3. The van der Waals surface area contributed by atoms with Gasteiger partial charge in [0.1, 0.15) is 5.57 Å². The van der Waals surface area contributed by atoms with Crippen molar-refractivity contribution in [2.24, 2.45) is 0 Å². The van der Waals surface area contributed by atoms with Crippen molar-refractivity contribution in [3.8, 4) is 28.3 Å². The molecule has 1 atom stereocenters. The van der Waals surface area contributed by atoms with Crippen LogP contribution in [0.25, 0.3) is 22.4 Å². The maximum absolute atomic E-state index is 13.3. The van der Waals surface area contributed by atoms with E-state index in [0.717, 1.165) is 60.3 Å². The molecule has 2 aliphatic rings. The lowest BCUT2D eigenvalue weighted by Gasteiger charge is -2.25. The normalized spacial score (nSPS) is 16.8. The fourth-order valence-corrected chi connectivity index (χ4v) is 6.59. The number of likely N-dealkylation sites (N-methyl/N-ethyl adjacent to an activating group) is 1. The predicted octanol–water partition coefficient (Wildman–Crippen LogP) is 7.39. The number of rotatable bonds is 9. The van der Waals surface area contributed by atoms with Gasteiger partial charge in [0.2, 0.25) is 5.88 Å². The Labute approximate surface area is 265 Å². The molecule has 1 N–H and O–H groups in total. The van der Waals surface area contributed by atoms with Gasteiger partial charge < -0.3 is 15.0 Å². The molecule has 3 aromatic rings. The number of methoxy groups -OCH3 is 1. The molecule has 0 saturated carbocycles. The van der Waals surface area contributed by atoms with Gasteiger partial charge >= 0.3 is 0 Å². The Morgan fingerprint density at radius 1 is 1.11 bits per heavy atom. The average molecular weight is 613 g/mol. The average Bonchev–Trinajstić information content (AvgIpc) is 3.70. The fraction of sp³-hybridized carbons (Fsp3) is 0.361. The number of hydrogen-bond donors (Lipinski definition) is 1. The van der Waals surface area contributed by atoms with E-state index in [1.807, 2.05) is 56.3 Å². The van der Waals surface area contributed by atoms with Crippen molar-refractivity contribution in [3.05, 3.63) is 88.0 Å². The first-order chi connectivity index (χ1) is 21.2. The topological polar surface area (TPSA) is 74.8 Å². The van der Waals surface area contributed by atoms with Crippen LogP contribution in [-0.2, 0) is 16.0 Å². The largest absolute Gasteiger partial charge is 0.481 e. The standard InChI is InChI=1S/C36H41ClN4O3/c1-6-7-8-13-28(36(43)40(3)4)34(42)38-29-17-12-14-25(23(29)2)26-15-11-16-27(33(26)37)30-22-24-18-19-31(41-20-9-10-21-41)32(24)35(39-30)44-5/h7-8,11-17,22,31H,6,9-10,18-21H2,1-5H3,(H,38,42)/b8-7+,28-13-. The number of carbonyl (C=O) groups is 2. The molecule has 7 nitrogen and oxygen atoms in total. The number of benzene rings is 2. The summed E-state index contributed by atoms with van der Waals surface area (Å²) >= 11 is 7.14. The lowest BCUT2D eigenvalue weighted by Crippen LogP contribution is -2.30. The predicted molar refractivity (Wildman–Crippen MR) is 178 cm³/mol. The molecule has 44 heavy (non-hydrogen) atoms. The van der Waals surface area contributed by atoms with Gasteiger partial charge in [-0.25, -0.2) is 4.98 Å². The van der Waals surface area contributed by atoms with E-state index in [9.17, 15) is 9.59 Å². The molecular formula is C36H41ClN4O3. The number of pyridine rings is 1. The van der Waals surface area contributed by atoms with E-state index in [1.165, 1.54) is 28.9 Å². The second-order valence-electron chi connectivity index (χ2n) is 11.6. The van der Waals surface area contributed by atoms with Gasteiger partial charge in [-0.15, -0.1) is 0 Å². The highest BCUT2D eigenvalue weighted by molar-refractivity contribution is 6.36. The van der Waals surface area contributed by atoms with E-state index >= 15 is 0 Å². The Morgan fingerprint density at radius 2 is 1.82 bits per heavy atom. The lowest BCUT2D eigenvalue weighted by molar-refractivity contribution is -0.127. The summed E-state index contributed by atoms with van der Waals surface area (Å²) in [4.78, 5) is 35.0. The number of aromatic nitrogens is 1. The van der Waals surface area contributed by atoms with Crippen molar-refractivity contribution >= 4 is 29.1 Å². The molecule has 2 heterocycles. The Balaban J connectivity index is 1.48. The number of nitrogens with one attached hydrogen (secondary N) is 1. The number of anilines is 1. The molecule has 8 heteroatoms. The Morgan fingerprint density at radius 3 is 2.52 bits per heavy atom. The zero-order valence-electron chi connectivity index (χ0n) is 26.2. The van der Waals surface area contributed by atoms with Crippen LogP contribution < -0.4 is 10.1 Å². The molecule has 5 rings (SSSR count). The molecule has 1 aromatic heterocycles. The van der Waals surface area contributed by atoms with Gasteiger partial charge in [-0.1, -0.05) is 61.0 Å². The highest BCUT2D eigenvalue weighted by Crippen LogP contribution is 2.45. The summed E-state index contributed by atoms with van der Waals surface area (Å²) in [6.07, 6.45) is 10.6.